The summed E-state index contributed by atoms with van der Waals surface area (Å²) >= 11 is 0. The zero-order valence-electron chi connectivity index (χ0n) is 17.8. The van der Waals surface area contributed by atoms with E-state index in [4.69, 9.17) is 4.74 Å². The number of hydrogen-bond donors (Lipinski definition) is 2. The first-order valence-electron chi connectivity index (χ1n) is 10.2. The summed E-state index contributed by atoms with van der Waals surface area (Å²) in [6.45, 7) is 7.28. The number of rotatable bonds is 1. The first-order valence-corrected chi connectivity index (χ1v) is 10.2. The fourth-order valence-corrected chi connectivity index (χ4v) is 3.45. The summed E-state index contributed by atoms with van der Waals surface area (Å²) in [7, 11) is 0. The lowest BCUT2D eigenvalue weighted by Gasteiger charge is -2.25. The van der Waals surface area contributed by atoms with Gasteiger partial charge in [-0.05, 0) is 63.4 Å². The van der Waals surface area contributed by atoms with Gasteiger partial charge >= 0.3 is 6.09 Å². The second kappa shape index (κ2) is 8.81. The highest BCUT2D eigenvalue weighted by molar-refractivity contribution is 5.96. The Labute approximate surface area is 176 Å². The van der Waals surface area contributed by atoms with Gasteiger partial charge in [-0.25, -0.2) is 9.18 Å². The van der Waals surface area contributed by atoms with Gasteiger partial charge < -0.3 is 15.4 Å². The van der Waals surface area contributed by atoms with Gasteiger partial charge in [-0.2, -0.15) is 0 Å². The number of hydrogen-bond acceptors (Lipinski definition) is 4. The van der Waals surface area contributed by atoms with Crippen molar-refractivity contribution in [2.24, 2.45) is 5.92 Å². The molecule has 1 aliphatic rings. The van der Waals surface area contributed by atoms with Crippen LogP contribution in [0.2, 0.25) is 0 Å². The summed E-state index contributed by atoms with van der Waals surface area (Å²) in [5.74, 6) is -0.748. The summed E-state index contributed by atoms with van der Waals surface area (Å²) < 4.78 is 19.4. The molecule has 0 saturated heterocycles. The van der Waals surface area contributed by atoms with Gasteiger partial charge in [0.15, 0.2) is 0 Å². The highest BCUT2D eigenvalue weighted by Crippen LogP contribution is 2.32. The number of ether oxygens (including phenoxy) is 1. The SMILES string of the molecule is C[C@@H]1CCC[C@H](NC(=O)OC(C)(C)C)c2cncc(c2)-c2cc(F)ccc2NC1=O. The minimum atomic E-state index is -0.612. The van der Waals surface area contributed by atoms with Gasteiger partial charge in [0.1, 0.15) is 11.4 Å². The average molecular weight is 413 g/mol. The molecule has 1 aromatic carbocycles. The number of nitrogens with zero attached hydrogens (tertiary/aromatic N) is 1. The van der Waals surface area contributed by atoms with Crippen molar-refractivity contribution in [2.45, 2.75) is 58.6 Å². The van der Waals surface area contributed by atoms with Gasteiger partial charge in [0.25, 0.3) is 0 Å². The van der Waals surface area contributed by atoms with Crippen LogP contribution in [0.1, 0.15) is 58.6 Å². The highest BCUT2D eigenvalue weighted by Gasteiger charge is 2.23. The molecule has 2 aromatic rings. The first-order chi connectivity index (χ1) is 14.1. The summed E-state index contributed by atoms with van der Waals surface area (Å²) in [4.78, 5) is 29.3. The minimum absolute atomic E-state index is 0.121. The van der Waals surface area contributed by atoms with Crippen LogP contribution in [-0.4, -0.2) is 22.6 Å². The second-order valence-corrected chi connectivity index (χ2v) is 8.72. The maximum atomic E-state index is 14.0. The molecule has 2 amide bonds. The van der Waals surface area contributed by atoms with E-state index < -0.39 is 17.5 Å². The molecule has 0 radical (unpaired) electrons. The third kappa shape index (κ3) is 5.55. The monoisotopic (exact) mass is 413 g/mol. The van der Waals surface area contributed by atoms with Crippen molar-refractivity contribution in [2.75, 3.05) is 5.32 Å². The molecule has 3 rings (SSSR count). The van der Waals surface area contributed by atoms with Crippen LogP contribution in [0.4, 0.5) is 14.9 Å². The fourth-order valence-electron chi connectivity index (χ4n) is 3.45. The number of carbonyl (C=O) groups excluding carboxylic acids is 2. The largest absolute Gasteiger partial charge is 0.444 e. The van der Waals surface area contributed by atoms with Gasteiger partial charge in [-0.1, -0.05) is 13.3 Å². The summed E-state index contributed by atoms with van der Waals surface area (Å²) in [6.07, 6.45) is 4.81. The van der Waals surface area contributed by atoms with Crippen LogP contribution in [0.3, 0.4) is 0 Å². The third-order valence-corrected chi connectivity index (χ3v) is 4.98. The van der Waals surface area contributed by atoms with E-state index in [0.29, 0.717) is 29.7 Å². The number of carbonyl (C=O) groups is 2. The summed E-state index contributed by atoms with van der Waals surface area (Å²) in [6, 6.07) is 5.79. The van der Waals surface area contributed by atoms with E-state index in [1.54, 1.807) is 18.5 Å². The van der Waals surface area contributed by atoms with Crippen molar-refractivity contribution in [1.82, 2.24) is 10.3 Å². The fraction of sp³-hybridized carbons (Fsp3) is 0.435. The number of benzene rings is 1. The number of anilines is 1. The second-order valence-electron chi connectivity index (χ2n) is 8.72. The minimum Gasteiger partial charge on any atom is -0.444 e. The number of aromatic nitrogens is 1. The molecule has 2 N–H and O–H groups in total. The van der Waals surface area contributed by atoms with E-state index in [0.717, 1.165) is 12.0 Å². The molecule has 0 saturated carbocycles. The van der Waals surface area contributed by atoms with Crippen molar-refractivity contribution < 1.29 is 18.7 Å². The van der Waals surface area contributed by atoms with Crippen molar-refractivity contribution >= 4 is 17.7 Å². The normalized spacial score (nSPS) is 19.6. The Morgan fingerprint density at radius 2 is 2.00 bits per heavy atom. The Bertz CT molecular complexity index is 940. The number of halogens is 1. The Morgan fingerprint density at radius 3 is 2.73 bits per heavy atom. The van der Waals surface area contributed by atoms with Crippen LogP contribution in [0.15, 0.2) is 36.7 Å². The number of fused-ring (bicyclic) bond motifs is 4. The number of amides is 2. The standard InChI is InChI=1S/C23H28FN3O3/c1-14-6-5-7-19(27-22(29)30-23(2,3)4)16-10-15(12-25-13-16)18-11-17(24)8-9-20(18)26-21(14)28/h8-14,19H,5-7H2,1-4H3,(H,26,28)(H,27,29)/t14-,19+/m1/s1. The summed E-state index contributed by atoms with van der Waals surface area (Å²) in [5.41, 5.74) is 1.92. The van der Waals surface area contributed by atoms with Crippen LogP contribution in [0.5, 0.6) is 0 Å². The zero-order valence-corrected chi connectivity index (χ0v) is 17.8. The van der Waals surface area contributed by atoms with Crippen LogP contribution >= 0.6 is 0 Å². The predicted octanol–water partition coefficient (Wildman–Crippen LogP) is 5.21. The predicted molar refractivity (Wildman–Crippen MR) is 113 cm³/mol. The van der Waals surface area contributed by atoms with Gasteiger partial charge in [0.05, 0.1) is 6.04 Å². The molecule has 7 heteroatoms. The number of nitrogens with one attached hydrogen (secondary N) is 2. The molecule has 0 aliphatic carbocycles. The van der Waals surface area contributed by atoms with E-state index in [-0.39, 0.29) is 17.9 Å². The molecule has 0 spiro atoms. The van der Waals surface area contributed by atoms with Crippen molar-refractivity contribution in [1.29, 1.82) is 0 Å². The van der Waals surface area contributed by atoms with Gasteiger partial charge in [-0.3, -0.25) is 9.78 Å². The molecule has 0 fully saturated rings. The molecule has 6 nitrogen and oxygen atoms in total. The molecular formula is C23H28FN3O3. The van der Waals surface area contributed by atoms with Gasteiger partial charge in [0.2, 0.25) is 5.91 Å². The van der Waals surface area contributed by atoms with E-state index >= 15 is 0 Å². The average Bonchev–Trinajstić information content (AvgIpc) is 2.66. The first kappa shape index (κ1) is 21.7. The lowest BCUT2D eigenvalue weighted by molar-refractivity contribution is -0.119. The third-order valence-electron chi connectivity index (χ3n) is 4.98. The van der Waals surface area contributed by atoms with Crippen LogP contribution in [-0.2, 0) is 9.53 Å². The molecule has 2 bridgehead atoms. The Hall–Kier alpha value is -2.96. The van der Waals surface area contributed by atoms with E-state index in [1.807, 2.05) is 33.8 Å². The Kier molecular flexibility index (Phi) is 6.39. The molecule has 2 heterocycles. The van der Waals surface area contributed by atoms with Crippen LogP contribution < -0.4 is 10.6 Å². The topological polar surface area (TPSA) is 80.3 Å². The van der Waals surface area contributed by atoms with Gasteiger partial charge in [-0.15, -0.1) is 0 Å². The van der Waals surface area contributed by atoms with Crippen LogP contribution in [0.25, 0.3) is 11.1 Å². The maximum absolute atomic E-state index is 14.0. The molecular weight excluding hydrogens is 385 g/mol. The molecule has 1 aromatic heterocycles. The highest BCUT2D eigenvalue weighted by atomic mass is 19.1. The quantitative estimate of drug-likeness (QED) is 0.672. The van der Waals surface area contributed by atoms with Crippen LogP contribution in [0, 0.1) is 11.7 Å². The number of pyridine rings is 1. The van der Waals surface area contributed by atoms with Crippen molar-refractivity contribution in [3.63, 3.8) is 0 Å². The summed E-state index contributed by atoms with van der Waals surface area (Å²) in [5, 5.41) is 5.83. The lowest BCUT2D eigenvalue weighted by atomic mass is 9.94. The maximum Gasteiger partial charge on any atom is 0.408 e. The lowest BCUT2D eigenvalue weighted by Crippen LogP contribution is -2.35. The van der Waals surface area contributed by atoms with Gasteiger partial charge in [0, 0.05) is 35.1 Å². The van der Waals surface area contributed by atoms with E-state index in [1.165, 1.54) is 12.1 Å². The zero-order chi connectivity index (χ0) is 21.9. The van der Waals surface area contributed by atoms with Crippen molar-refractivity contribution in [3.05, 3.63) is 48.0 Å². The van der Waals surface area contributed by atoms with E-state index in [2.05, 4.69) is 15.6 Å². The molecule has 2 atom stereocenters. The molecule has 160 valence electrons. The van der Waals surface area contributed by atoms with E-state index in [9.17, 15) is 14.0 Å². The molecule has 30 heavy (non-hydrogen) atoms. The van der Waals surface area contributed by atoms with Crippen molar-refractivity contribution in [3.8, 4) is 11.1 Å². The Morgan fingerprint density at radius 1 is 1.23 bits per heavy atom. The Balaban J connectivity index is 2.01. The molecule has 0 unspecified atom stereocenters. The molecule has 1 aliphatic heterocycles. The number of alkyl carbamates (subject to hydrolysis) is 1. The smallest absolute Gasteiger partial charge is 0.408 e.